The predicted molar refractivity (Wildman–Crippen MR) is 63.0 cm³/mol. The zero-order chi connectivity index (χ0) is 15.8. The van der Waals surface area contributed by atoms with Crippen molar-refractivity contribution in [3.05, 3.63) is 28.7 Å². The molecule has 0 unspecified atom stereocenters. The van der Waals surface area contributed by atoms with Crippen LogP contribution in [0.2, 0.25) is 0 Å². The van der Waals surface area contributed by atoms with Crippen LogP contribution in [0.25, 0.3) is 0 Å². The Morgan fingerprint density at radius 1 is 1.00 bits per heavy atom. The van der Waals surface area contributed by atoms with Crippen LogP contribution in [0.1, 0.15) is 6.92 Å². The summed E-state index contributed by atoms with van der Waals surface area (Å²) in [4.78, 5) is 11.4. The van der Waals surface area contributed by atoms with Crippen LogP contribution in [0.4, 0.5) is 32.0 Å². The topological polar surface area (TPSA) is 29.1 Å². The zero-order valence-corrected chi connectivity index (χ0v) is 11.4. The summed E-state index contributed by atoms with van der Waals surface area (Å²) in [5.74, 6) is -2.18. The Morgan fingerprint density at radius 3 is 1.75 bits per heavy atom. The lowest BCUT2D eigenvalue weighted by Crippen LogP contribution is -2.55. The first kappa shape index (κ1) is 16.8. The van der Waals surface area contributed by atoms with Crippen molar-refractivity contribution in [2.45, 2.75) is 19.3 Å². The maximum atomic E-state index is 12.6. The Labute approximate surface area is 118 Å². The van der Waals surface area contributed by atoms with Gasteiger partial charge in [0.05, 0.1) is 0 Å². The van der Waals surface area contributed by atoms with Gasteiger partial charge in [0.25, 0.3) is 0 Å². The number of alkyl halides is 6. The van der Waals surface area contributed by atoms with Crippen LogP contribution in [0.3, 0.4) is 0 Å². The number of carbonyl (C=O) groups excluding carboxylic acids is 1. The molecule has 0 aliphatic carbocycles. The van der Waals surface area contributed by atoms with Gasteiger partial charge in [-0.15, -0.1) is 0 Å². The molecular formula is C11H8BrF6NO. The number of nitrogens with one attached hydrogen (secondary N) is 1. The highest BCUT2D eigenvalue weighted by Crippen LogP contribution is 2.50. The summed E-state index contributed by atoms with van der Waals surface area (Å²) in [6.07, 6.45) is -11.5. The molecule has 9 heteroatoms. The second-order valence-electron chi connectivity index (χ2n) is 4.08. The van der Waals surface area contributed by atoms with Crippen molar-refractivity contribution in [3.8, 4) is 0 Å². The summed E-state index contributed by atoms with van der Waals surface area (Å²) < 4.78 is 76.3. The fraction of sp³-hybridized carbons (Fsp3) is 0.364. The maximum Gasteiger partial charge on any atom is 0.411 e. The second kappa shape index (κ2) is 5.27. The highest BCUT2D eigenvalue weighted by atomic mass is 79.9. The average molecular weight is 364 g/mol. The lowest BCUT2D eigenvalue weighted by Gasteiger charge is -2.32. The molecule has 0 spiro atoms. The second-order valence-corrected chi connectivity index (χ2v) is 5.00. The Bertz CT molecular complexity index is 479. The fourth-order valence-corrected chi connectivity index (χ4v) is 1.47. The Hall–Kier alpha value is -1.25. The van der Waals surface area contributed by atoms with Crippen molar-refractivity contribution in [2.24, 2.45) is 5.41 Å². The molecule has 20 heavy (non-hydrogen) atoms. The van der Waals surface area contributed by atoms with Gasteiger partial charge in [0.15, 0.2) is 0 Å². The van der Waals surface area contributed by atoms with E-state index in [0.717, 1.165) is 0 Å². The summed E-state index contributed by atoms with van der Waals surface area (Å²) in [6, 6.07) is 5.09. The summed E-state index contributed by atoms with van der Waals surface area (Å²) in [6.45, 7) is -0.193. The standard InChI is InChI=1S/C11H8BrF6NO/c1-9(10(13,14)15,11(16,17)18)8(20)19-7-4-2-6(12)3-5-7/h2-5H,1H3,(H,19,20). The molecule has 1 aromatic carbocycles. The summed E-state index contributed by atoms with van der Waals surface area (Å²) in [7, 11) is 0. The molecule has 1 N–H and O–H groups in total. The molecular weight excluding hydrogens is 356 g/mol. The molecule has 0 saturated heterocycles. The van der Waals surface area contributed by atoms with Gasteiger partial charge in [-0.2, -0.15) is 26.3 Å². The molecule has 0 fully saturated rings. The summed E-state index contributed by atoms with van der Waals surface area (Å²) >= 11 is 3.04. The number of hydrogen-bond acceptors (Lipinski definition) is 1. The van der Waals surface area contributed by atoms with Gasteiger partial charge < -0.3 is 5.32 Å². The molecule has 0 bridgehead atoms. The highest BCUT2D eigenvalue weighted by Gasteiger charge is 2.72. The molecule has 0 saturated carbocycles. The van der Waals surface area contributed by atoms with Gasteiger partial charge in [0.2, 0.25) is 11.3 Å². The fourth-order valence-electron chi connectivity index (χ4n) is 1.21. The van der Waals surface area contributed by atoms with Gasteiger partial charge in [-0.05, 0) is 31.2 Å². The molecule has 0 atom stereocenters. The number of rotatable bonds is 2. The normalized spacial score (nSPS) is 13.2. The number of halogens is 7. The van der Waals surface area contributed by atoms with Crippen molar-refractivity contribution in [1.29, 1.82) is 0 Å². The number of carbonyl (C=O) groups is 1. The monoisotopic (exact) mass is 363 g/mol. The summed E-state index contributed by atoms with van der Waals surface area (Å²) in [5.41, 5.74) is -4.65. The molecule has 1 aromatic rings. The molecule has 0 aromatic heterocycles. The third kappa shape index (κ3) is 3.08. The van der Waals surface area contributed by atoms with Crippen LogP contribution in [-0.4, -0.2) is 18.3 Å². The van der Waals surface area contributed by atoms with E-state index in [1.54, 1.807) is 5.32 Å². The minimum absolute atomic E-state index is 0.169. The lowest BCUT2D eigenvalue weighted by atomic mass is 9.87. The molecule has 112 valence electrons. The Kier molecular flexibility index (Phi) is 4.42. The van der Waals surface area contributed by atoms with E-state index in [-0.39, 0.29) is 12.6 Å². The predicted octanol–water partition coefficient (Wildman–Crippen LogP) is 4.52. The van der Waals surface area contributed by atoms with E-state index < -0.39 is 23.7 Å². The molecule has 0 heterocycles. The van der Waals surface area contributed by atoms with E-state index in [0.29, 0.717) is 4.47 Å². The Balaban J connectivity index is 3.11. The first-order valence-electron chi connectivity index (χ1n) is 5.10. The number of anilines is 1. The van der Waals surface area contributed by atoms with E-state index in [1.165, 1.54) is 24.3 Å². The van der Waals surface area contributed by atoms with Crippen LogP contribution < -0.4 is 5.32 Å². The molecule has 0 radical (unpaired) electrons. The number of amides is 1. The van der Waals surface area contributed by atoms with Gasteiger partial charge in [-0.25, -0.2) is 0 Å². The van der Waals surface area contributed by atoms with Crippen molar-refractivity contribution < 1.29 is 31.1 Å². The first-order valence-corrected chi connectivity index (χ1v) is 5.89. The maximum absolute atomic E-state index is 12.6. The quantitative estimate of drug-likeness (QED) is 0.769. The Morgan fingerprint density at radius 2 is 1.40 bits per heavy atom. The van der Waals surface area contributed by atoms with Crippen LogP contribution in [-0.2, 0) is 4.79 Å². The van der Waals surface area contributed by atoms with E-state index in [9.17, 15) is 31.1 Å². The largest absolute Gasteiger partial charge is 0.411 e. The highest BCUT2D eigenvalue weighted by molar-refractivity contribution is 9.10. The SMILES string of the molecule is CC(C(=O)Nc1ccc(Br)cc1)(C(F)(F)F)C(F)(F)F. The molecule has 0 aliphatic heterocycles. The summed E-state index contributed by atoms with van der Waals surface area (Å²) in [5, 5.41) is 1.62. The van der Waals surface area contributed by atoms with E-state index in [1.807, 2.05) is 0 Å². The van der Waals surface area contributed by atoms with Gasteiger partial charge in [-0.3, -0.25) is 4.79 Å². The van der Waals surface area contributed by atoms with Crippen LogP contribution >= 0.6 is 15.9 Å². The van der Waals surface area contributed by atoms with Gasteiger partial charge in [-0.1, -0.05) is 15.9 Å². The molecule has 1 amide bonds. The average Bonchev–Trinajstić information content (AvgIpc) is 2.28. The minimum Gasteiger partial charge on any atom is -0.325 e. The van der Waals surface area contributed by atoms with E-state index >= 15 is 0 Å². The minimum atomic E-state index is -5.76. The van der Waals surface area contributed by atoms with Gasteiger partial charge in [0.1, 0.15) is 0 Å². The van der Waals surface area contributed by atoms with Gasteiger partial charge >= 0.3 is 12.4 Å². The number of hydrogen-bond donors (Lipinski definition) is 1. The van der Waals surface area contributed by atoms with Crippen molar-refractivity contribution in [3.63, 3.8) is 0 Å². The zero-order valence-electron chi connectivity index (χ0n) is 9.86. The number of benzene rings is 1. The lowest BCUT2D eigenvalue weighted by molar-refractivity contribution is -0.317. The van der Waals surface area contributed by atoms with Crippen LogP contribution in [0, 0.1) is 5.41 Å². The van der Waals surface area contributed by atoms with Crippen LogP contribution in [0.15, 0.2) is 28.7 Å². The van der Waals surface area contributed by atoms with E-state index in [2.05, 4.69) is 15.9 Å². The third-order valence-corrected chi connectivity index (χ3v) is 3.22. The molecule has 2 nitrogen and oxygen atoms in total. The smallest absolute Gasteiger partial charge is 0.325 e. The molecule has 0 aliphatic rings. The van der Waals surface area contributed by atoms with Gasteiger partial charge in [0, 0.05) is 10.2 Å². The van der Waals surface area contributed by atoms with E-state index in [4.69, 9.17) is 0 Å². The molecule has 1 rings (SSSR count). The van der Waals surface area contributed by atoms with Crippen molar-refractivity contribution in [2.75, 3.05) is 5.32 Å². The first-order chi connectivity index (χ1) is 8.89. The van der Waals surface area contributed by atoms with Crippen molar-refractivity contribution >= 4 is 27.5 Å². The van der Waals surface area contributed by atoms with Crippen molar-refractivity contribution in [1.82, 2.24) is 0 Å². The third-order valence-electron chi connectivity index (χ3n) is 2.69. The van der Waals surface area contributed by atoms with Crippen LogP contribution in [0.5, 0.6) is 0 Å².